The van der Waals surface area contributed by atoms with Gasteiger partial charge in [-0.2, -0.15) is 0 Å². The van der Waals surface area contributed by atoms with E-state index in [0.717, 1.165) is 23.5 Å². The maximum absolute atomic E-state index is 11.2. The molecule has 1 N–H and O–H groups in total. The van der Waals surface area contributed by atoms with Crippen LogP contribution in [0.2, 0.25) is 0 Å². The van der Waals surface area contributed by atoms with Crippen LogP contribution in [0.5, 0.6) is 0 Å². The van der Waals surface area contributed by atoms with Crippen LogP contribution in [0.4, 0.5) is 5.13 Å². The van der Waals surface area contributed by atoms with Gasteiger partial charge in [0, 0.05) is 12.1 Å². The second kappa shape index (κ2) is 4.97. The molecule has 0 saturated carbocycles. The maximum atomic E-state index is 11.2. The van der Waals surface area contributed by atoms with Gasteiger partial charge in [0.2, 0.25) is 5.13 Å². The smallest absolute Gasteiger partial charge is 0.326 e. The maximum Gasteiger partial charge on any atom is 0.326 e. The first-order valence-corrected chi connectivity index (χ1v) is 6.96. The average molecular weight is 275 g/mol. The van der Waals surface area contributed by atoms with E-state index in [4.69, 9.17) is 0 Å². The number of nitrogens with zero attached hydrogens (tertiary/aromatic N) is 3. The molecule has 0 spiro atoms. The molecule has 0 radical (unpaired) electrons. The third kappa shape index (κ3) is 2.31. The Hall–Kier alpha value is -1.95. The predicted molar refractivity (Wildman–Crippen MR) is 73.3 cm³/mol. The predicted octanol–water partition coefficient (Wildman–Crippen LogP) is 2.26. The van der Waals surface area contributed by atoms with E-state index in [1.807, 2.05) is 35.2 Å². The van der Waals surface area contributed by atoms with Crippen LogP contribution in [-0.2, 0) is 4.79 Å². The number of benzene rings is 1. The van der Waals surface area contributed by atoms with Gasteiger partial charge < -0.3 is 10.0 Å². The summed E-state index contributed by atoms with van der Waals surface area (Å²) in [6.07, 6.45) is 1.56. The molecule has 1 fully saturated rings. The van der Waals surface area contributed by atoms with Gasteiger partial charge in [-0.3, -0.25) is 0 Å². The standard InChI is InChI=1S/C13H13N3O2S/c17-12(18)10-7-4-8-16(10)13-15-14-11(19-13)9-5-2-1-3-6-9/h1-3,5-6,10H,4,7-8H2,(H,17,18)/t10-/m1/s1. The second-order valence-electron chi connectivity index (χ2n) is 4.45. The SMILES string of the molecule is O=C(O)[C@H]1CCCN1c1nnc(-c2ccccc2)s1. The number of anilines is 1. The van der Waals surface area contributed by atoms with Gasteiger partial charge in [0.15, 0.2) is 0 Å². The van der Waals surface area contributed by atoms with E-state index in [1.165, 1.54) is 11.3 Å². The third-order valence-corrected chi connectivity index (χ3v) is 4.23. The van der Waals surface area contributed by atoms with Crippen molar-refractivity contribution in [2.45, 2.75) is 18.9 Å². The van der Waals surface area contributed by atoms with Crippen LogP contribution in [0.3, 0.4) is 0 Å². The van der Waals surface area contributed by atoms with E-state index in [0.29, 0.717) is 11.6 Å². The fourth-order valence-electron chi connectivity index (χ4n) is 2.28. The van der Waals surface area contributed by atoms with Gasteiger partial charge in [-0.05, 0) is 12.8 Å². The summed E-state index contributed by atoms with van der Waals surface area (Å²) in [7, 11) is 0. The lowest BCUT2D eigenvalue weighted by molar-refractivity contribution is -0.138. The topological polar surface area (TPSA) is 66.3 Å². The molecule has 0 amide bonds. The van der Waals surface area contributed by atoms with E-state index in [-0.39, 0.29) is 0 Å². The van der Waals surface area contributed by atoms with Crippen molar-refractivity contribution in [3.63, 3.8) is 0 Å². The normalized spacial score (nSPS) is 18.7. The molecule has 6 heteroatoms. The highest BCUT2D eigenvalue weighted by Crippen LogP contribution is 2.32. The van der Waals surface area contributed by atoms with Gasteiger partial charge in [0.05, 0.1) is 0 Å². The number of aromatic nitrogens is 2. The molecule has 5 nitrogen and oxygen atoms in total. The molecule has 1 aromatic heterocycles. The summed E-state index contributed by atoms with van der Waals surface area (Å²) >= 11 is 1.44. The lowest BCUT2D eigenvalue weighted by Crippen LogP contribution is -2.35. The summed E-state index contributed by atoms with van der Waals surface area (Å²) in [6.45, 7) is 0.736. The first-order valence-electron chi connectivity index (χ1n) is 6.14. The van der Waals surface area contributed by atoms with E-state index >= 15 is 0 Å². The van der Waals surface area contributed by atoms with Crippen LogP contribution in [0.15, 0.2) is 30.3 Å². The fraction of sp³-hybridized carbons (Fsp3) is 0.308. The Balaban J connectivity index is 1.87. The van der Waals surface area contributed by atoms with Crippen molar-refractivity contribution >= 4 is 22.4 Å². The molecular weight excluding hydrogens is 262 g/mol. The van der Waals surface area contributed by atoms with Crippen molar-refractivity contribution in [3.8, 4) is 10.6 Å². The van der Waals surface area contributed by atoms with Crippen LogP contribution >= 0.6 is 11.3 Å². The van der Waals surface area contributed by atoms with E-state index < -0.39 is 12.0 Å². The molecule has 3 rings (SSSR count). The van der Waals surface area contributed by atoms with Gasteiger partial charge in [0.25, 0.3) is 0 Å². The minimum Gasteiger partial charge on any atom is -0.480 e. The number of rotatable bonds is 3. The van der Waals surface area contributed by atoms with Gasteiger partial charge in [-0.1, -0.05) is 41.7 Å². The van der Waals surface area contributed by atoms with Crippen molar-refractivity contribution < 1.29 is 9.90 Å². The van der Waals surface area contributed by atoms with Crippen molar-refractivity contribution in [1.29, 1.82) is 0 Å². The molecule has 1 aliphatic rings. The molecule has 1 aromatic carbocycles. The van der Waals surface area contributed by atoms with Crippen LogP contribution in [0, 0.1) is 0 Å². The van der Waals surface area contributed by atoms with Crippen LogP contribution in [-0.4, -0.2) is 33.9 Å². The zero-order valence-electron chi connectivity index (χ0n) is 10.2. The highest BCUT2D eigenvalue weighted by molar-refractivity contribution is 7.18. The summed E-state index contributed by atoms with van der Waals surface area (Å²) in [5.74, 6) is -0.783. The quantitative estimate of drug-likeness (QED) is 0.930. The second-order valence-corrected chi connectivity index (χ2v) is 5.40. The minimum absolute atomic E-state index is 0.462. The number of hydrogen-bond donors (Lipinski definition) is 1. The number of carboxylic acid groups (broad SMARTS) is 1. The highest BCUT2D eigenvalue weighted by Gasteiger charge is 2.32. The summed E-state index contributed by atoms with van der Waals surface area (Å²) in [6, 6.07) is 9.34. The van der Waals surface area contributed by atoms with Crippen molar-refractivity contribution in [2.24, 2.45) is 0 Å². The molecule has 2 aromatic rings. The molecular formula is C13H13N3O2S. The molecule has 98 valence electrons. The first kappa shape index (κ1) is 12.1. The Morgan fingerprint density at radius 3 is 2.84 bits per heavy atom. The van der Waals surface area contributed by atoms with E-state index in [2.05, 4.69) is 10.2 Å². The summed E-state index contributed by atoms with van der Waals surface area (Å²) < 4.78 is 0. The highest BCUT2D eigenvalue weighted by atomic mass is 32.1. The number of aliphatic carboxylic acids is 1. The lowest BCUT2D eigenvalue weighted by Gasteiger charge is -2.19. The molecule has 1 atom stereocenters. The van der Waals surface area contributed by atoms with Gasteiger partial charge in [-0.25, -0.2) is 4.79 Å². The number of carbonyl (C=O) groups is 1. The van der Waals surface area contributed by atoms with Crippen molar-refractivity contribution in [2.75, 3.05) is 11.4 Å². The Morgan fingerprint density at radius 2 is 2.11 bits per heavy atom. The Kier molecular flexibility index (Phi) is 3.16. The number of carboxylic acids is 1. The molecule has 0 bridgehead atoms. The molecule has 19 heavy (non-hydrogen) atoms. The van der Waals surface area contributed by atoms with Crippen LogP contribution in [0.1, 0.15) is 12.8 Å². The number of hydrogen-bond acceptors (Lipinski definition) is 5. The van der Waals surface area contributed by atoms with Crippen LogP contribution < -0.4 is 4.90 Å². The van der Waals surface area contributed by atoms with Crippen LogP contribution in [0.25, 0.3) is 10.6 Å². The Bertz CT molecular complexity index is 585. The van der Waals surface area contributed by atoms with E-state index in [9.17, 15) is 9.90 Å². The summed E-state index contributed by atoms with van der Waals surface area (Å²) in [5.41, 5.74) is 1.01. The molecule has 0 aliphatic carbocycles. The minimum atomic E-state index is -0.783. The molecule has 2 heterocycles. The Labute approximate surface area is 114 Å². The van der Waals surface area contributed by atoms with E-state index in [1.54, 1.807) is 0 Å². The largest absolute Gasteiger partial charge is 0.480 e. The average Bonchev–Trinajstić information content (AvgIpc) is 3.08. The molecule has 1 saturated heterocycles. The zero-order valence-corrected chi connectivity index (χ0v) is 11.0. The summed E-state index contributed by atoms with van der Waals surface area (Å²) in [4.78, 5) is 13.0. The zero-order chi connectivity index (χ0) is 13.2. The third-order valence-electron chi connectivity index (χ3n) is 3.22. The molecule has 0 unspecified atom stereocenters. The first-order chi connectivity index (χ1) is 9.25. The van der Waals surface area contributed by atoms with Crippen molar-refractivity contribution in [1.82, 2.24) is 10.2 Å². The monoisotopic (exact) mass is 275 g/mol. The van der Waals surface area contributed by atoms with Gasteiger partial charge >= 0.3 is 5.97 Å². The lowest BCUT2D eigenvalue weighted by atomic mass is 10.2. The van der Waals surface area contributed by atoms with Gasteiger partial charge in [-0.15, -0.1) is 10.2 Å². The summed E-state index contributed by atoms with van der Waals surface area (Å²) in [5, 5.41) is 19.0. The molecule has 1 aliphatic heterocycles. The Morgan fingerprint density at radius 1 is 1.32 bits per heavy atom. The van der Waals surface area contributed by atoms with Crippen molar-refractivity contribution in [3.05, 3.63) is 30.3 Å². The van der Waals surface area contributed by atoms with Gasteiger partial charge in [0.1, 0.15) is 11.0 Å². The fourth-order valence-corrected chi connectivity index (χ4v) is 3.21.